The number of nitrogens with one attached hydrogen (secondary N) is 1. The van der Waals surface area contributed by atoms with Gasteiger partial charge in [0.05, 0.1) is 23.2 Å². The summed E-state index contributed by atoms with van der Waals surface area (Å²) in [7, 11) is 0. The first-order valence-corrected chi connectivity index (χ1v) is 9.83. The molecule has 0 atom stereocenters. The Bertz CT molecular complexity index is 1170. The molecule has 1 amide bonds. The molecule has 0 radical (unpaired) electrons. The highest BCUT2D eigenvalue weighted by molar-refractivity contribution is 7.16. The van der Waals surface area contributed by atoms with E-state index in [-0.39, 0.29) is 39.6 Å². The van der Waals surface area contributed by atoms with Gasteiger partial charge in [0.1, 0.15) is 10.9 Å². The summed E-state index contributed by atoms with van der Waals surface area (Å²) in [6.07, 6.45) is -4.55. The molecular formula is C18H13ClF3N3O4S. The number of nitrogens with zero attached hydrogens (tertiary/aromatic N) is 2. The van der Waals surface area contributed by atoms with Crippen molar-refractivity contribution in [3.63, 3.8) is 0 Å². The van der Waals surface area contributed by atoms with Crippen molar-refractivity contribution in [2.24, 2.45) is 0 Å². The number of halogens is 4. The van der Waals surface area contributed by atoms with Crippen LogP contribution in [-0.4, -0.2) is 34.1 Å². The van der Waals surface area contributed by atoms with Gasteiger partial charge in [0.2, 0.25) is 5.91 Å². The topological polar surface area (TPSA) is 90.3 Å². The average Bonchev–Trinajstić information content (AvgIpc) is 3.12. The first kappa shape index (κ1) is 21.8. The summed E-state index contributed by atoms with van der Waals surface area (Å²) in [6.45, 7) is 1.63. The molecule has 30 heavy (non-hydrogen) atoms. The van der Waals surface area contributed by atoms with E-state index in [4.69, 9.17) is 16.3 Å². The number of anilines is 1. The van der Waals surface area contributed by atoms with Crippen molar-refractivity contribution in [2.45, 2.75) is 13.1 Å². The van der Waals surface area contributed by atoms with E-state index in [9.17, 15) is 27.6 Å². The van der Waals surface area contributed by atoms with Crippen LogP contribution in [0.2, 0.25) is 0 Å². The maximum absolute atomic E-state index is 13.0. The molecular weight excluding hydrogens is 447 g/mol. The number of amides is 1. The van der Waals surface area contributed by atoms with Crippen LogP contribution in [0.25, 0.3) is 16.5 Å². The predicted octanol–water partition coefficient (Wildman–Crippen LogP) is 3.82. The standard InChI is InChI=1S/C18H13ClF3N3O4S/c1-2-29-17(28)14-11-8-30-15(23-12(26)7-19)13(11)16(27)25(24-14)10-5-3-9(4-6-10)18(20,21)22/h3-6,8H,2,7H2,1H3,(H,23,26). The minimum absolute atomic E-state index is 0.00117. The molecule has 0 spiro atoms. The lowest BCUT2D eigenvalue weighted by Gasteiger charge is -2.11. The molecule has 12 heteroatoms. The molecule has 0 bridgehead atoms. The van der Waals surface area contributed by atoms with Gasteiger partial charge in [-0.15, -0.1) is 22.9 Å². The summed E-state index contributed by atoms with van der Waals surface area (Å²) in [5.41, 5.74) is -1.85. The molecule has 3 aromatic rings. The van der Waals surface area contributed by atoms with Crippen LogP contribution in [0.4, 0.5) is 18.2 Å². The Morgan fingerprint density at radius 1 is 1.27 bits per heavy atom. The number of alkyl halides is 4. The fourth-order valence-corrected chi connectivity index (χ4v) is 3.64. The summed E-state index contributed by atoms with van der Waals surface area (Å²) in [5, 5.41) is 8.18. The smallest absolute Gasteiger partial charge is 0.416 e. The minimum Gasteiger partial charge on any atom is -0.461 e. The molecule has 7 nitrogen and oxygen atoms in total. The third kappa shape index (κ3) is 4.17. The summed E-state index contributed by atoms with van der Waals surface area (Å²) in [5.74, 6) is -1.76. The van der Waals surface area contributed by atoms with Crippen molar-refractivity contribution in [1.82, 2.24) is 9.78 Å². The van der Waals surface area contributed by atoms with Crippen LogP contribution >= 0.6 is 22.9 Å². The van der Waals surface area contributed by atoms with Gasteiger partial charge in [-0.2, -0.15) is 23.0 Å². The Balaban J connectivity index is 2.24. The highest BCUT2D eigenvalue weighted by Crippen LogP contribution is 2.32. The number of carbonyl (C=O) groups excluding carboxylic acids is 2. The van der Waals surface area contributed by atoms with E-state index in [1.165, 1.54) is 5.38 Å². The Kier molecular flexibility index (Phi) is 6.13. The minimum atomic E-state index is -4.55. The third-order valence-corrected chi connectivity index (χ3v) is 5.07. The van der Waals surface area contributed by atoms with Gasteiger partial charge in [-0.25, -0.2) is 4.79 Å². The average molecular weight is 460 g/mol. The largest absolute Gasteiger partial charge is 0.461 e. The molecule has 0 saturated carbocycles. The van der Waals surface area contributed by atoms with E-state index in [2.05, 4.69) is 10.4 Å². The van der Waals surface area contributed by atoms with E-state index in [0.717, 1.165) is 40.3 Å². The second-order valence-electron chi connectivity index (χ2n) is 5.87. The lowest BCUT2D eigenvalue weighted by atomic mass is 10.2. The van der Waals surface area contributed by atoms with Crippen LogP contribution in [0.5, 0.6) is 0 Å². The number of carbonyl (C=O) groups is 2. The number of aromatic nitrogens is 2. The van der Waals surface area contributed by atoms with Gasteiger partial charge in [-0.1, -0.05) is 0 Å². The van der Waals surface area contributed by atoms with Crippen LogP contribution in [0.3, 0.4) is 0 Å². The number of hydrogen-bond acceptors (Lipinski definition) is 6. The Hall–Kier alpha value is -2.92. The van der Waals surface area contributed by atoms with E-state index >= 15 is 0 Å². The summed E-state index contributed by atoms with van der Waals surface area (Å²) >= 11 is 6.47. The lowest BCUT2D eigenvalue weighted by Crippen LogP contribution is -2.25. The monoisotopic (exact) mass is 459 g/mol. The molecule has 3 rings (SSSR count). The number of fused-ring (bicyclic) bond motifs is 1. The van der Waals surface area contributed by atoms with E-state index in [0.29, 0.717) is 0 Å². The summed E-state index contributed by atoms with van der Waals surface area (Å²) in [4.78, 5) is 37.1. The van der Waals surface area contributed by atoms with Gasteiger partial charge in [-0.3, -0.25) is 9.59 Å². The molecule has 1 N–H and O–H groups in total. The van der Waals surface area contributed by atoms with Gasteiger partial charge in [-0.05, 0) is 31.2 Å². The Morgan fingerprint density at radius 2 is 1.93 bits per heavy atom. The molecule has 0 unspecified atom stereocenters. The highest BCUT2D eigenvalue weighted by Gasteiger charge is 2.30. The quantitative estimate of drug-likeness (QED) is 0.462. The van der Waals surface area contributed by atoms with Crippen molar-refractivity contribution >= 4 is 50.6 Å². The van der Waals surface area contributed by atoms with Crippen LogP contribution in [0.15, 0.2) is 34.4 Å². The first-order valence-electron chi connectivity index (χ1n) is 8.42. The number of ether oxygens (including phenoxy) is 1. The molecule has 2 heterocycles. The SMILES string of the molecule is CCOC(=O)c1nn(-c2ccc(C(F)(F)F)cc2)c(=O)c2c(NC(=O)CCl)scc12. The van der Waals surface area contributed by atoms with Crippen molar-refractivity contribution in [2.75, 3.05) is 17.8 Å². The molecule has 0 aliphatic rings. The summed E-state index contributed by atoms with van der Waals surface area (Å²) in [6, 6.07) is 3.70. The zero-order valence-electron chi connectivity index (χ0n) is 15.2. The normalized spacial score (nSPS) is 11.5. The molecule has 0 aliphatic carbocycles. The molecule has 158 valence electrons. The zero-order valence-corrected chi connectivity index (χ0v) is 16.8. The fourth-order valence-electron chi connectivity index (χ4n) is 2.62. The zero-order chi connectivity index (χ0) is 22.1. The van der Waals surface area contributed by atoms with Gasteiger partial charge in [0.15, 0.2) is 5.69 Å². The van der Waals surface area contributed by atoms with Gasteiger partial charge < -0.3 is 10.1 Å². The maximum Gasteiger partial charge on any atom is 0.416 e. The van der Waals surface area contributed by atoms with Crippen LogP contribution in [-0.2, 0) is 15.7 Å². The van der Waals surface area contributed by atoms with Gasteiger partial charge in [0.25, 0.3) is 5.56 Å². The molecule has 0 fully saturated rings. The van der Waals surface area contributed by atoms with Crippen LogP contribution in [0.1, 0.15) is 23.0 Å². The number of rotatable bonds is 5. The molecule has 0 saturated heterocycles. The highest BCUT2D eigenvalue weighted by atomic mass is 35.5. The molecule has 0 aliphatic heterocycles. The second kappa shape index (κ2) is 8.44. The lowest BCUT2D eigenvalue weighted by molar-refractivity contribution is -0.137. The van der Waals surface area contributed by atoms with Crippen molar-refractivity contribution in [1.29, 1.82) is 0 Å². The first-order chi connectivity index (χ1) is 14.2. The van der Waals surface area contributed by atoms with E-state index in [1.807, 2.05) is 0 Å². The van der Waals surface area contributed by atoms with E-state index < -0.39 is 29.2 Å². The van der Waals surface area contributed by atoms with Crippen molar-refractivity contribution in [3.05, 3.63) is 51.3 Å². The van der Waals surface area contributed by atoms with Crippen molar-refractivity contribution < 1.29 is 27.5 Å². The number of thiophene rings is 1. The predicted molar refractivity (Wildman–Crippen MR) is 106 cm³/mol. The molecule has 2 aromatic heterocycles. The fraction of sp³-hybridized carbons (Fsp3) is 0.222. The third-order valence-electron chi connectivity index (χ3n) is 3.93. The number of benzene rings is 1. The van der Waals surface area contributed by atoms with Crippen molar-refractivity contribution in [3.8, 4) is 5.69 Å². The Morgan fingerprint density at radius 3 is 2.50 bits per heavy atom. The van der Waals surface area contributed by atoms with Crippen LogP contribution < -0.4 is 10.9 Å². The second-order valence-corrected chi connectivity index (χ2v) is 7.01. The molecule has 1 aromatic carbocycles. The summed E-state index contributed by atoms with van der Waals surface area (Å²) < 4.78 is 44.3. The number of esters is 1. The number of hydrogen-bond donors (Lipinski definition) is 1. The van der Waals surface area contributed by atoms with Gasteiger partial charge >= 0.3 is 12.1 Å². The van der Waals surface area contributed by atoms with Crippen LogP contribution in [0, 0.1) is 0 Å². The maximum atomic E-state index is 13.0. The Labute approximate surface area is 176 Å². The van der Waals surface area contributed by atoms with Gasteiger partial charge in [0, 0.05) is 10.8 Å². The van der Waals surface area contributed by atoms with E-state index in [1.54, 1.807) is 6.92 Å².